The van der Waals surface area contributed by atoms with Crippen LogP contribution in [0.15, 0.2) is 0 Å². The molecule has 162 valence electrons. The second-order valence-electron chi connectivity index (χ2n) is 5.10. The van der Waals surface area contributed by atoms with Gasteiger partial charge in [-0.25, -0.2) is 0 Å². The molecule has 1 aliphatic heterocycles. The fourth-order valence-electron chi connectivity index (χ4n) is 2.50. The topological polar surface area (TPSA) is 12.5 Å². The number of hydrogen-bond acceptors (Lipinski definition) is 1. The number of halogens is 17. The zero-order chi connectivity index (χ0) is 22.3. The number of rotatable bonds is 2. The number of epoxide rings is 1. The van der Waals surface area contributed by atoms with Crippen LogP contribution in [0, 0.1) is 5.92 Å². The first kappa shape index (κ1) is 23.8. The van der Waals surface area contributed by atoms with Crippen molar-refractivity contribution in [2.75, 3.05) is 0 Å². The fourth-order valence-corrected chi connectivity index (χ4v) is 2.50. The lowest BCUT2D eigenvalue weighted by Crippen LogP contribution is -2.68. The molecule has 27 heavy (non-hydrogen) atoms. The summed E-state index contributed by atoms with van der Waals surface area (Å²) < 4.78 is 217. The first-order chi connectivity index (χ1) is 11.3. The Morgan fingerprint density at radius 1 is 0.519 bits per heavy atom. The van der Waals surface area contributed by atoms with E-state index in [1.807, 2.05) is 0 Å². The average Bonchev–Trinajstić information content (AvgIpc) is 2.94. The first-order valence-corrected chi connectivity index (χ1v) is 5.74. The van der Waals surface area contributed by atoms with Crippen LogP contribution in [-0.4, -0.2) is 48.0 Å². The minimum atomic E-state index is -7.87. The smallest absolute Gasteiger partial charge is 0.337 e. The molecule has 0 aromatic carbocycles. The maximum atomic E-state index is 13.4. The lowest BCUT2D eigenvalue weighted by molar-refractivity contribution is -0.371. The van der Waals surface area contributed by atoms with Crippen LogP contribution in [0.1, 0.15) is 0 Å². The van der Waals surface area contributed by atoms with Crippen LogP contribution in [0.2, 0.25) is 0 Å². The second-order valence-corrected chi connectivity index (χ2v) is 5.10. The molecule has 0 spiro atoms. The molecule has 0 N–H and O–H groups in total. The molecule has 0 aliphatic carbocycles. The summed E-state index contributed by atoms with van der Waals surface area (Å²) in [7, 11) is 0. The molecular formula is C9HF17O. The van der Waals surface area contributed by atoms with Gasteiger partial charge in [0.05, 0.1) is 0 Å². The standard InChI is InChI=1S/C9HF17O/c10-3(11,12)1(4(13,14)15)2(6(16,17)9(24,25)26)5(27-2,7(18,19)20)8(21,22)23/h1H. The van der Waals surface area contributed by atoms with Gasteiger partial charge >= 0.3 is 36.8 Å². The monoisotopic (exact) mass is 448 g/mol. The Balaban J connectivity index is 4.07. The zero-order valence-electron chi connectivity index (χ0n) is 11.4. The Kier molecular flexibility index (Phi) is 4.79. The quantitative estimate of drug-likeness (QED) is 0.399. The van der Waals surface area contributed by atoms with Crippen LogP contribution >= 0.6 is 0 Å². The van der Waals surface area contributed by atoms with Gasteiger partial charge in [0.2, 0.25) is 5.60 Å². The van der Waals surface area contributed by atoms with Gasteiger partial charge in [0.1, 0.15) is 0 Å². The van der Waals surface area contributed by atoms with E-state index in [-0.39, 0.29) is 0 Å². The van der Waals surface area contributed by atoms with Gasteiger partial charge in [-0.3, -0.25) is 0 Å². The van der Waals surface area contributed by atoms with Gasteiger partial charge in [0, 0.05) is 0 Å². The third-order valence-corrected chi connectivity index (χ3v) is 3.48. The third kappa shape index (κ3) is 2.97. The summed E-state index contributed by atoms with van der Waals surface area (Å²) in [4.78, 5) is 0. The van der Waals surface area contributed by atoms with Crippen LogP contribution in [0.3, 0.4) is 0 Å². The van der Waals surface area contributed by atoms with Gasteiger partial charge in [-0.15, -0.1) is 0 Å². The molecule has 0 aromatic heterocycles. The van der Waals surface area contributed by atoms with Crippen molar-refractivity contribution < 1.29 is 79.4 Å². The maximum absolute atomic E-state index is 13.4. The number of hydrogen-bond donors (Lipinski definition) is 0. The van der Waals surface area contributed by atoms with Gasteiger partial charge in [-0.05, 0) is 0 Å². The third-order valence-electron chi connectivity index (χ3n) is 3.48. The highest BCUT2D eigenvalue weighted by molar-refractivity contribution is 5.33. The minimum absolute atomic E-state index is 2.17. The Bertz CT molecular complexity index is 542. The molecule has 1 nitrogen and oxygen atoms in total. The van der Waals surface area contributed by atoms with Gasteiger partial charge in [0.15, 0.2) is 5.92 Å². The summed E-state index contributed by atoms with van der Waals surface area (Å²) in [5.41, 5.74) is -14.3. The van der Waals surface area contributed by atoms with E-state index in [0.717, 1.165) is 0 Å². The molecule has 1 aliphatic rings. The summed E-state index contributed by atoms with van der Waals surface area (Å²) in [6.45, 7) is 0. The van der Waals surface area contributed by atoms with Crippen molar-refractivity contribution in [2.24, 2.45) is 5.92 Å². The van der Waals surface area contributed by atoms with E-state index in [2.05, 4.69) is 4.74 Å². The van der Waals surface area contributed by atoms with Gasteiger partial charge in [0.25, 0.3) is 5.60 Å². The second kappa shape index (κ2) is 5.43. The van der Waals surface area contributed by atoms with Crippen molar-refractivity contribution in [1.82, 2.24) is 0 Å². The summed E-state index contributed by atoms with van der Waals surface area (Å²) in [6.07, 6.45) is -37.8. The van der Waals surface area contributed by atoms with Crippen molar-refractivity contribution in [1.29, 1.82) is 0 Å². The first-order valence-electron chi connectivity index (χ1n) is 5.74. The van der Waals surface area contributed by atoms with Crippen LogP contribution in [0.25, 0.3) is 0 Å². The van der Waals surface area contributed by atoms with Crippen molar-refractivity contribution in [3.8, 4) is 0 Å². The SMILES string of the molecule is FC(F)(F)C(C(F)(F)F)C1(C(F)(F)C(F)(F)F)OC1(C(F)(F)F)C(F)(F)F. The minimum Gasteiger partial charge on any atom is -0.337 e. The zero-order valence-corrected chi connectivity index (χ0v) is 11.4. The Morgan fingerprint density at radius 3 is 0.963 bits per heavy atom. The molecule has 18 heteroatoms. The van der Waals surface area contributed by atoms with E-state index in [9.17, 15) is 74.6 Å². The summed E-state index contributed by atoms with van der Waals surface area (Å²) in [6, 6.07) is 0. The summed E-state index contributed by atoms with van der Waals surface area (Å²) >= 11 is 0. The molecule has 1 rings (SSSR count). The molecule has 1 unspecified atom stereocenters. The Morgan fingerprint density at radius 2 is 0.815 bits per heavy atom. The molecule has 1 fully saturated rings. The van der Waals surface area contributed by atoms with Crippen LogP contribution < -0.4 is 0 Å². The van der Waals surface area contributed by atoms with E-state index >= 15 is 0 Å². The molecule has 1 heterocycles. The van der Waals surface area contributed by atoms with Gasteiger partial charge in [-0.1, -0.05) is 0 Å². The molecule has 0 bridgehead atoms. The molecule has 0 amide bonds. The lowest BCUT2D eigenvalue weighted by Gasteiger charge is -2.37. The Labute approximate surface area is 135 Å². The van der Waals surface area contributed by atoms with E-state index in [0.29, 0.717) is 0 Å². The van der Waals surface area contributed by atoms with Gasteiger partial charge in [-0.2, -0.15) is 74.6 Å². The van der Waals surface area contributed by atoms with Crippen LogP contribution in [-0.2, 0) is 4.74 Å². The molecule has 0 radical (unpaired) electrons. The molecule has 1 saturated heterocycles. The fraction of sp³-hybridized carbons (Fsp3) is 1.00. The van der Waals surface area contributed by atoms with Crippen molar-refractivity contribution in [3.05, 3.63) is 0 Å². The molecule has 0 aromatic rings. The predicted octanol–water partition coefficient (Wildman–Crippen LogP) is 5.56. The predicted molar refractivity (Wildman–Crippen MR) is 45.3 cm³/mol. The highest BCUT2D eigenvalue weighted by Crippen LogP contribution is 2.77. The maximum Gasteiger partial charge on any atom is 0.456 e. The van der Waals surface area contributed by atoms with Gasteiger partial charge < -0.3 is 4.74 Å². The van der Waals surface area contributed by atoms with E-state index in [1.165, 1.54) is 0 Å². The highest BCUT2D eigenvalue weighted by Gasteiger charge is 3.07. The number of alkyl halides is 17. The molecular weight excluding hydrogens is 447 g/mol. The molecule has 0 saturated carbocycles. The normalized spacial score (nSPS) is 25.1. The number of ether oxygens (including phenoxy) is 1. The summed E-state index contributed by atoms with van der Waals surface area (Å²) in [5.74, 6) is -14.4. The highest BCUT2D eigenvalue weighted by atomic mass is 19.4. The summed E-state index contributed by atoms with van der Waals surface area (Å²) in [5, 5.41) is 0. The largest absolute Gasteiger partial charge is 0.456 e. The van der Waals surface area contributed by atoms with Crippen LogP contribution in [0.4, 0.5) is 74.6 Å². The van der Waals surface area contributed by atoms with E-state index in [4.69, 9.17) is 0 Å². The average molecular weight is 448 g/mol. The van der Waals surface area contributed by atoms with Crippen molar-refractivity contribution in [3.63, 3.8) is 0 Å². The van der Waals surface area contributed by atoms with Crippen molar-refractivity contribution >= 4 is 0 Å². The Hall–Kier alpha value is -1.23. The van der Waals surface area contributed by atoms with Crippen molar-refractivity contribution in [2.45, 2.75) is 48.0 Å². The van der Waals surface area contributed by atoms with E-state index in [1.54, 1.807) is 0 Å². The van der Waals surface area contributed by atoms with E-state index < -0.39 is 53.9 Å². The lowest BCUT2D eigenvalue weighted by atomic mass is 9.74. The molecule has 1 atom stereocenters. The van der Waals surface area contributed by atoms with Crippen LogP contribution in [0.5, 0.6) is 0 Å².